The minimum atomic E-state index is 0.185. The lowest BCUT2D eigenvalue weighted by atomic mass is 10.0. The van der Waals surface area contributed by atoms with Crippen LogP contribution < -0.4 is 5.73 Å². The summed E-state index contributed by atoms with van der Waals surface area (Å²) in [5, 5.41) is 0. The molecule has 1 heterocycles. The first-order valence-electron chi connectivity index (χ1n) is 6.82. The SMILES string of the molecule is C[C@@H]1CCCCN1CC[C@H](N)c1ccccc1. The molecule has 1 fully saturated rings. The van der Waals surface area contributed by atoms with E-state index in [-0.39, 0.29) is 6.04 Å². The first-order chi connectivity index (χ1) is 8.27. The summed E-state index contributed by atoms with van der Waals surface area (Å²) in [7, 11) is 0. The molecule has 17 heavy (non-hydrogen) atoms. The predicted octanol–water partition coefficient (Wildman–Crippen LogP) is 2.95. The van der Waals surface area contributed by atoms with E-state index in [1.165, 1.54) is 31.4 Å². The average molecular weight is 232 g/mol. The monoisotopic (exact) mass is 232 g/mol. The van der Waals surface area contributed by atoms with Crippen LogP contribution in [0.2, 0.25) is 0 Å². The number of piperidine rings is 1. The van der Waals surface area contributed by atoms with Gasteiger partial charge in [0.25, 0.3) is 0 Å². The van der Waals surface area contributed by atoms with Crippen molar-refractivity contribution in [3.8, 4) is 0 Å². The second-order valence-electron chi connectivity index (χ2n) is 5.19. The number of hydrogen-bond donors (Lipinski definition) is 1. The molecule has 2 nitrogen and oxygen atoms in total. The fourth-order valence-corrected chi connectivity index (χ4v) is 2.66. The van der Waals surface area contributed by atoms with E-state index < -0.39 is 0 Å². The maximum Gasteiger partial charge on any atom is 0.0307 e. The topological polar surface area (TPSA) is 29.3 Å². The van der Waals surface area contributed by atoms with E-state index in [1.807, 2.05) is 6.07 Å². The van der Waals surface area contributed by atoms with Crippen molar-refractivity contribution < 1.29 is 0 Å². The Kier molecular flexibility index (Phi) is 4.57. The number of nitrogens with two attached hydrogens (primary N) is 1. The fraction of sp³-hybridized carbons (Fsp3) is 0.600. The normalized spacial score (nSPS) is 23.5. The molecule has 2 atom stereocenters. The van der Waals surface area contributed by atoms with Gasteiger partial charge in [-0.2, -0.15) is 0 Å². The molecule has 1 aromatic rings. The molecule has 1 aliphatic heterocycles. The van der Waals surface area contributed by atoms with Gasteiger partial charge in [0.1, 0.15) is 0 Å². The van der Waals surface area contributed by atoms with Crippen molar-refractivity contribution in [2.45, 2.75) is 44.7 Å². The molecule has 2 rings (SSSR count). The number of benzene rings is 1. The fourth-order valence-electron chi connectivity index (χ4n) is 2.66. The summed E-state index contributed by atoms with van der Waals surface area (Å²) in [6.07, 6.45) is 5.16. The lowest BCUT2D eigenvalue weighted by Gasteiger charge is -2.34. The van der Waals surface area contributed by atoms with Gasteiger partial charge >= 0.3 is 0 Å². The molecular weight excluding hydrogens is 208 g/mol. The van der Waals surface area contributed by atoms with Crippen molar-refractivity contribution in [1.82, 2.24) is 4.90 Å². The molecule has 0 amide bonds. The second kappa shape index (κ2) is 6.18. The summed E-state index contributed by atoms with van der Waals surface area (Å²) in [4.78, 5) is 2.59. The molecule has 1 saturated heterocycles. The molecular formula is C15H24N2. The molecule has 0 bridgehead atoms. The highest BCUT2D eigenvalue weighted by molar-refractivity contribution is 5.18. The van der Waals surface area contributed by atoms with Crippen molar-refractivity contribution in [2.75, 3.05) is 13.1 Å². The minimum Gasteiger partial charge on any atom is -0.324 e. The van der Waals surface area contributed by atoms with Gasteiger partial charge in [-0.1, -0.05) is 36.8 Å². The van der Waals surface area contributed by atoms with E-state index in [2.05, 4.69) is 36.1 Å². The van der Waals surface area contributed by atoms with Crippen LogP contribution in [-0.2, 0) is 0 Å². The van der Waals surface area contributed by atoms with Gasteiger partial charge in [0.15, 0.2) is 0 Å². The second-order valence-corrected chi connectivity index (χ2v) is 5.19. The van der Waals surface area contributed by atoms with Gasteiger partial charge in [0, 0.05) is 18.6 Å². The Bertz CT molecular complexity index is 323. The molecule has 94 valence electrons. The van der Waals surface area contributed by atoms with Crippen molar-refractivity contribution in [1.29, 1.82) is 0 Å². The van der Waals surface area contributed by atoms with Crippen molar-refractivity contribution in [3.63, 3.8) is 0 Å². The van der Waals surface area contributed by atoms with E-state index in [1.54, 1.807) is 0 Å². The predicted molar refractivity (Wildman–Crippen MR) is 72.9 cm³/mol. The summed E-state index contributed by atoms with van der Waals surface area (Å²) in [5.74, 6) is 0. The van der Waals surface area contributed by atoms with Crippen LogP contribution in [0.4, 0.5) is 0 Å². The Balaban J connectivity index is 1.81. The third-order valence-electron chi connectivity index (χ3n) is 3.90. The zero-order valence-corrected chi connectivity index (χ0v) is 10.8. The highest BCUT2D eigenvalue weighted by Gasteiger charge is 2.18. The third-order valence-corrected chi connectivity index (χ3v) is 3.90. The van der Waals surface area contributed by atoms with E-state index in [0.29, 0.717) is 0 Å². The third kappa shape index (κ3) is 3.55. The maximum atomic E-state index is 6.23. The average Bonchev–Trinajstić information content (AvgIpc) is 2.38. The zero-order valence-electron chi connectivity index (χ0n) is 10.8. The van der Waals surface area contributed by atoms with Crippen molar-refractivity contribution in [3.05, 3.63) is 35.9 Å². The Morgan fingerprint density at radius 2 is 2.06 bits per heavy atom. The number of nitrogens with zero attached hydrogens (tertiary/aromatic N) is 1. The van der Waals surface area contributed by atoms with Crippen LogP contribution in [0.15, 0.2) is 30.3 Å². The van der Waals surface area contributed by atoms with Crippen LogP contribution in [0.5, 0.6) is 0 Å². The summed E-state index contributed by atoms with van der Waals surface area (Å²) < 4.78 is 0. The smallest absolute Gasteiger partial charge is 0.0307 e. The van der Waals surface area contributed by atoms with Crippen LogP contribution >= 0.6 is 0 Å². The first kappa shape index (κ1) is 12.6. The van der Waals surface area contributed by atoms with Crippen LogP contribution in [0, 0.1) is 0 Å². The largest absolute Gasteiger partial charge is 0.324 e. The van der Waals surface area contributed by atoms with Crippen LogP contribution in [0.1, 0.15) is 44.2 Å². The quantitative estimate of drug-likeness (QED) is 0.865. The van der Waals surface area contributed by atoms with E-state index in [0.717, 1.165) is 19.0 Å². The lowest BCUT2D eigenvalue weighted by Crippen LogP contribution is -2.38. The first-order valence-corrected chi connectivity index (χ1v) is 6.82. The van der Waals surface area contributed by atoms with Gasteiger partial charge in [-0.25, -0.2) is 0 Å². The molecule has 1 aromatic carbocycles. The molecule has 0 aliphatic carbocycles. The number of likely N-dealkylation sites (tertiary alicyclic amines) is 1. The molecule has 0 aromatic heterocycles. The molecule has 0 saturated carbocycles. The maximum absolute atomic E-state index is 6.23. The van der Waals surface area contributed by atoms with Crippen LogP contribution in [-0.4, -0.2) is 24.0 Å². The molecule has 0 spiro atoms. The summed E-state index contributed by atoms with van der Waals surface area (Å²) >= 11 is 0. The Morgan fingerprint density at radius 1 is 1.29 bits per heavy atom. The standard InChI is InChI=1S/C15H24N2/c1-13-7-5-6-11-17(13)12-10-15(16)14-8-3-2-4-9-14/h2-4,8-9,13,15H,5-7,10-12,16H2,1H3/t13-,15+/m1/s1. The highest BCUT2D eigenvalue weighted by Crippen LogP contribution is 2.19. The van der Waals surface area contributed by atoms with E-state index >= 15 is 0 Å². The lowest BCUT2D eigenvalue weighted by molar-refractivity contribution is 0.155. The van der Waals surface area contributed by atoms with Gasteiger partial charge in [-0.3, -0.25) is 0 Å². The molecule has 2 heteroatoms. The number of rotatable bonds is 4. The Labute approximate surface area is 105 Å². The number of hydrogen-bond acceptors (Lipinski definition) is 2. The van der Waals surface area contributed by atoms with Gasteiger partial charge in [-0.05, 0) is 38.3 Å². The van der Waals surface area contributed by atoms with Gasteiger partial charge < -0.3 is 10.6 Å². The van der Waals surface area contributed by atoms with Crippen molar-refractivity contribution in [2.24, 2.45) is 5.73 Å². The van der Waals surface area contributed by atoms with E-state index in [4.69, 9.17) is 5.73 Å². The van der Waals surface area contributed by atoms with Gasteiger partial charge in [-0.15, -0.1) is 0 Å². The highest BCUT2D eigenvalue weighted by atomic mass is 15.2. The Morgan fingerprint density at radius 3 is 2.76 bits per heavy atom. The molecule has 2 N–H and O–H groups in total. The van der Waals surface area contributed by atoms with Gasteiger partial charge in [0.2, 0.25) is 0 Å². The van der Waals surface area contributed by atoms with Gasteiger partial charge in [0.05, 0.1) is 0 Å². The van der Waals surface area contributed by atoms with Crippen molar-refractivity contribution >= 4 is 0 Å². The summed E-state index contributed by atoms with van der Waals surface area (Å²) in [6, 6.07) is 11.4. The minimum absolute atomic E-state index is 0.185. The van der Waals surface area contributed by atoms with Crippen LogP contribution in [0.25, 0.3) is 0 Å². The molecule has 0 unspecified atom stereocenters. The summed E-state index contributed by atoms with van der Waals surface area (Å²) in [5.41, 5.74) is 7.49. The zero-order chi connectivity index (χ0) is 12.1. The van der Waals surface area contributed by atoms with E-state index in [9.17, 15) is 0 Å². The molecule has 0 radical (unpaired) electrons. The Hall–Kier alpha value is -0.860. The molecule has 1 aliphatic rings. The van der Waals surface area contributed by atoms with Crippen LogP contribution in [0.3, 0.4) is 0 Å². The summed E-state index contributed by atoms with van der Waals surface area (Å²) in [6.45, 7) is 4.73.